The van der Waals surface area contributed by atoms with Crippen LogP contribution in [-0.4, -0.2) is 33.6 Å². The first-order chi connectivity index (χ1) is 8.16. The Morgan fingerprint density at radius 2 is 2.35 bits per heavy atom. The molecule has 1 aliphatic rings. The molecule has 1 amide bonds. The normalized spacial score (nSPS) is 19.6. The summed E-state index contributed by atoms with van der Waals surface area (Å²) in [4.78, 5) is 13.4. The molecule has 0 N–H and O–H groups in total. The molecule has 1 aromatic rings. The van der Waals surface area contributed by atoms with E-state index >= 15 is 0 Å². The molecular weight excluding hydrogens is 238 g/mol. The maximum absolute atomic E-state index is 11.4. The van der Waals surface area contributed by atoms with Crippen LogP contribution in [0.3, 0.4) is 0 Å². The van der Waals surface area contributed by atoms with E-state index < -0.39 is 0 Å². The number of hydrogen-bond donors (Lipinski definition) is 0. The molecule has 0 saturated carbocycles. The van der Waals surface area contributed by atoms with Crippen molar-refractivity contribution in [2.75, 3.05) is 6.54 Å². The van der Waals surface area contributed by atoms with Crippen LogP contribution < -0.4 is 0 Å². The summed E-state index contributed by atoms with van der Waals surface area (Å²) in [7, 11) is 0. The van der Waals surface area contributed by atoms with Crippen LogP contribution in [0, 0.1) is 0 Å². The number of likely N-dealkylation sites (tertiary alicyclic amines) is 1. The summed E-state index contributed by atoms with van der Waals surface area (Å²) in [6.07, 6.45) is 4.01. The molecule has 1 aromatic heterocycles. The zero-order chi connectivity index (χ0) is 12.3. The van der Waals surface area contributed by atoms with Gasteiger partial charge in [0.25, 0.3) is 0 Å². The number of nitrogens with zero attached hydrogens (tertiary/aromatic N) is 3. The fraction of sp³-hybridized carbons (Fsp3) is 0.583. The van der Waals surface area contributed by atoms with Gasteiger partial charge in [0, 0.05) is 19.5 Å². The van der Waals surface area contributed by atoms with Gasteiger partial charge in [0.1, 0.15) is 0 Å². The van der Waals surface area contributed by atoms with Gasteiger partial charge in [0.05, 0.1) is 5.69 Å². The SMILES string of the molecule is CC(=O)N1CCC[C@H]1CCc1ccc(Cl)nn1. The zero-order valence-corrected chi connectivity index (χ0v) is 10.7. The molecule has 4 nitrogen and oxygen atoms in total. The first-order valence-electron chi connectivity index (χ1n) is 5.92. The molecule has 0 spiro atoms. The zero-order valence-electron chi connectivity index (χ0n) is 9.90. The Morgan fingerprint density at radius 1 is 1.53 bits per heavy atom. The molecule has 0 radical (unpaired) electrons. The molecule has 1 saturated heterocycles. The van der Waals surface area contributed by atoms with Crippen molar-refractivity contribution in [1.82, 2.24) is 15.1 Å². The molecule has 92 valence electrons. The lowest BCUT2D eigenvalue weighted by atomic mass is 10.1. The number of carbonyl (C=O) groups is 1. The van der Waals surface area contributed by atoms with E-state index in [2.05, 4.69) is 10.2 Å². The van der Waals surface area contributed by atoms with Gasteiger partial charge in [-0.3, -0.25) is 4.79 Å². The molecule has 0 bridgehead atoms. The van der Waals surface area contributed by atoms with Crippen molar-refractivity contribution in [2.24, 2.45) is 0 Å². The van der Waals surface area contributed by atoms with Crippen molar-refractivity contribution >= 4 is 17.5 Å². The molecule has 17 heavy (non-hydrogen) atoms. The lowest BCUT2D eigenvalue weighted by Crippen LogP contribution is -2.33. The first-order valence-corrected chi connectivity index (χ1v) is 6.30. The smallest absolute Gasteiger partial charge is 0.219 e. The molecule has 2 heterocycles. The molecule has 1 atom stereocenters. The third-order valence-corrected chi connectivity index (χ3v) is 3.40. The highest BCUT2D eigenvalue weighted by molar-refractivity contribution is 6.29. The molecule has 1 fully saturated rings. The average molecular weight is 254 g/mol. The highest BCUT2D eigenvalue weighted by atomic mass is 35.5. The number of aryl methyl sites for hydroxylation is 1. The summed E-state index contributed by atoms with van der Waals surface area (Å²) in [6.45, 7) is 2.53. The van der Waals surface area contributed by atoms with Gasteiger partial charge in [0.2, 0.25) is 5.91 Å². The lowest BCUT2D eigenvalue weighted by Gasteiger charge is -2.22. The van der Waals surface area contributed by atoms with E-state index in [0.717, 1.165) is 37.9 Å². The number of amides is 1. The van der Waals surface area contributed by atoms with Crippen LogP contribution in [0.2, 0.25) is 5.15 Å². The predicted octanol–water partition coefficient (Wildman–Crippen LogP) is 2.07. The predicted molar refractivity (Wildman–Crippen MR) is 65.8 cm³/mol. The van der Waals surface area contributed by atoms with Crippen LogP contribution in [0.5, 0.6) is 0 Å². The van der Waals surface area contributed by atoms with Crippen LogP contribution in [0.4, 0.5) is 0 Å². The van der Waals surface area contributed by atoms with Crippen molar-refractivity contribution in [3.8, 4) is 0 Å². The molecular formula is C12H16ClN3O. The standard InChI is InChI=1S/C12H16ClN3O/c1-9(17)16-8-2-3-11(16)6-4-10-5-7-12(13)15-14-10/h5,7,11H,2-4,6,8H2,1H3/t11-/m0/s1. The number of halogens is 1. The second-order valence-corrected chi connectivity index (χ2v) is 4.78. The largest absolute Gasteiger partial charge is 0.340 e. The lowest BCUT2D eigenvalue weighted by molar-refractivity contribution is -0.129. The van der Waals surface area contributed by atoms with Crippen LogP contribution in [0.1, 0.15) is 31.9 Å². The Balaban J connectivity index is 1.89. The van der Waals surface area contributed by atoms with Crippen molar-refractivity contribution in [3.63, 3.8) is 0 Å². The van der Waals surface area contributed by atoms with Gasteiger partial charge in [-0.2, -0.15) is 5.10 Å². The third kappa shape index (κ3) is 3.16. The van der Waals surface area contributed by atoms with Gasteiger partial charge in [-0.05, 0) is 37.8 Å². The second kappa shape index (κ2) is 5.45. The summed E-state index contributed by atoms with van der Waals surface area (Å²) in [5.74, 6) is 0.176. The highest BCUT2D eigenvalue weighted by Gasteiger charge is 2.25. The molecule has 5 heteroatoms. The molecule has 0 unspecified atom stereocenters. The van der Waals surface area contributed by atoms with Crippen molar-refractivity contribution in [3.05, 3.63) is 23.0 Å². The van der Waals surface area contributed by atoms with Gasteiger partial charge < -0.3 is 4.90 Å². The molecule has 2 rings (SSSR count). The monoisotopic (exact) mass is 253 g/mol. The Labute approximate surface area is 106 Å². The Kier molecular flexibility index (Phi) is 3.94. The minimum atomic E-state index is 0.176. The quantitative estimate of drug-likeness (QED) is 0.829. The minimum absolute atomic E-state index is 0.176. The summed E-state index contributed by atoms with van der Waals surface area (Å²) >= 11 is 5.68. The van der Waals surface area contributed by atoms with E-state index in [0.29, 0.717) is 11.2 Å². The first kappa shape index (κ1) is 12.3. The van der Waals surface area contributed by atoms with Crippen molar-refractivity contribution in [1.29, 1.82) is 0 Å². The maximum atomic E-state index is 11.4. The van der Waals surface area contributed by atoms with Gasteiger partial charge >= 0.3 is 0 Å². The third-order valence-electron chi connectivity index (χ3n) is 3.20. The van der Waals surface area contributed by atoms with E-state index in [9.17, 15) is 4.79 Å². The van der Waals surface area contributed by atoms with E-state index in [4.69, 9.17) is 11.6 Å². The van der Waals surface area contributed by atoms with Crippen LogP contribution >= 0.6 is 11.6 Å². The number of carbonyl (C=O) groups excluding carboxylic acids is 1. The maximum Gasteiger partial charge on any atom is 0.219 e. The fourth-order valence-electron chi connectivity index (χ4n) is 2.34. The average Bonchev–Trinajstić information content (AvgIpc) is 2.76. The summed E-state index contributed by atoms with van der Waals surface area (Å²) in [6, 6.07) is 4.01. The molecule has 0 aliphatic carbocycles. The summed E-state index contributed by atoms with van der Waals surface area (Å²) in [5, 5.41) is 8.25. The van der Waals surface area contributed by atoms with Crippen molar-refractivity contribution in [2.45, 2.75) is 38.6 Å². The van der Waals surface area contributed by atoms with Crippen molar-refractivity contribution < 1.29 is 4.79 Å². The van der Waals surface area contributed by atoms with E-state index in [1.807, 2.05) is 11.0 Å². The Morgan fingerprint density at radius 3 is 3.00 bits per heavy atom. The van der Waals surface area contributed by atoms with E-state index in [-0.39, 0.29) is 5.91 Å². The summed E-state index contributed by atoms with van der Waals surface area (Å²) in [5.41, 5.74) is 0.935. The highest BCUT2D eigenvalue weighted by Crippen LogP contribution is 2.21. The topological polar surface area (TPSA) is 46.1 Å². The van der Waals surface area contributed by atoms with Crippen LogP contribution in [0.25, 0.3) is 0 Å². The van der Waals surface area contributed by atoms with Gasteiger partial charge in [-0.25, -0.2) is 0 Å². The number of aromatic nitrogens is 2. The Bertz CT molecular complexity index is 393. The van der Waals surface area contributed by atoms with Crippen LogP contribution in [-0.2, 0) is 11.2 Å². The van der Waals surface area contributed by atoms with E-state index in [1.165, 1.54) is 0 Å². The van der Waals surface area contributed by atoms with Gasteiger partial charge in [0.15, 0.2) is 5.15 Å². The number of rotatable bonds is 3. The fourth-order valence-corrected chi connectivity index (χ4v) is 2.44. The molecule has 0 aromatic carbocycles. The van der Waals surface area contributed by atoms with E-state index in [1.54, 1.807) is 13.0 Å². The molecule has 1 aliphatic heterocycles. The summed E-state index contributed by atoms with van der Waals surface area (Å²) < 4.78 is 0. The van der Waals surface area contributed by atoms with Gasteiger partial charge in [-0.15, -0.1) is 5.10 Å². The van der Waals surface area contributed by atoms with Crippen LogP contribution in [0.15, 0.2) is 12.1 Å². The minimum Gasteiger partial charge on any atom is -0.340 e. The Hall–Kier alpha value is -1.16. The number of hydrogen-bond acceptors (Lipinski definition) is 3. The second-order valence-electron chi connectivity index (χ2n) is 4.39. The van der Waals surface area contributed by atoms with Gasteiger partial charge in [-0.1, -0.05) is 11.6 Å².